The number of rotatable bonds is 4. The molecule has 2 aromatic carbocycles. The smallest absolute Gasteiger partial charge is 0.337 e. The van der Waals surface area contributed by atoms with Crippen LogP contribution in [0.1, 0.15) is 21.6 Å². The van der Waals surface area contributed by atoms with Crippen LogP contribution in [-0.2, 0) is 4.74 Å². The summed E-state index contributed by atoms with van der Waals surface area (Å²) in [4.78, 5) is 24.2. The molecule has 28 heavy (non-hydrogen) atoms. The highest BCUT2D eigenvalue weighted by molar-refractivity contribution is 7.82. The van der Waals surface area contributed by atoms with Crippen LogP contribution >= 0.6 is 24.3 Å². The van der Waals surface area contributed by atoms with Crippen LogP contribution in [0, 0.1) is 13.8 Å². The highest BCUT2D eigenvalue weighted by Gasteiger charge is 2.16. The van der Waals surface area contributed by atoms with Crippen LogP contribution in [0.15, 0.2) is 42.5 Å². The Morgan fingerprint density at radius 3 is 2.46 bits per heavy atom. The zero-order valence-corrected chi connectivity index (χ0v) is 17.2. The Labute approximate surface area is 172 Å². The van der Waals surface area contributed by atoms with Crippen molar-refractivity contribution in [3.63, 3.8) is 0 Å². The minimum absolute atomic E-state index is 0.385. The number of carbonyl (C=O) groups excluding carboxylic acids is 2. The van der Waals surface area contributed by atoms with Crippen molar-refractivity contribution in [2.45, 2.75) is 13.8 Å². The molecule has 0 unspecified atom stereocenters. The van der Waals surface area contributed by atoms with Gasteiger partial charge in [-0.25, -0.2) is 13.9 Å². The zero-order valence-electron chi connectivity index (χ0n) is 15.5. The first-order chi connectivity index (χ1) is 13.4. The Bertz CT molecular complexity index is 1020. The van der Waals surface area contributed by atoms with Gasteiger partial charge in [-0.3, -0.25) is 5.32 Å². The first-order valence-corrected chi connectivity index (χ1v) is 9.46. The number of amides is 2. The van der Waals surface area contributed by atoms with E-state index in [9.17, 15) is 9.59 Å². The fourth-order valence-corrected chi connectivity index (χ4v) is 3.31. The minimum atomic E-state index is -0.408. The summed E-state index contributed by atoms with van der Waals surface area (Å²) >= 11 is 5.39. The number of anilines is 2. The molecule has 1 N–H and O–H groups in total. The summed E-state index contributed by atoms with van der Waals surface area (Å²) in [7, 11) is 1.35. The third-order valence-corrected chi connectivity index (χ3v) is 5.30. The number of benzene rings is 2. The number of carbonyl (C=O) groups is 2. The van der Waals surface area contributed by atoms with E-state index in [2.05, 4.69) is 27.7 Å². The summed E-state index contributed by atoms with van der Waals surface area (Å²) < 4.78 is 9.78. The highest BCUT2D eigenvalue weighted by Crippen LogP contribution is 2.28. The number of ether oxygens (including phenoxy) is 1. The molecule has 0 radical (unpaired) electrons. The Kier molecular flexibility index (Phi) is 5.96. The Hall–Kier alpha value is -2.91. The molecule has 9 heteroatoms. The second kappa shape index (κ2) is 8.41. The standard InChI is InChI=1S/C19H18N4O3S2/c1-11-4-5-14(18(24)26-3)10-16(11)13-6-8-15(9-7-13)23(27)19(25)20-17-12(2)21-22-28-17/h4-10,27H,1-3H3,(H,20,25). The molecule has 1 heterocycles. The van der Waals surface area contributed by atoms with Gasteiger partial charge < -0.3 is 4.74 Å². The Morgan fingerprint density at radius 2 is 1.86 bits per heavy atom. The largest absolute Gasteiger partial charge is 0.465 e. The van der Waals surface area contributed by atoms with Crippen molar-refractivity contribution in [2.24, 2.45) is 0 Å². The maximum Gasteiger partial charge on any atom is 0.337 e. The van der Waals surface area contributed by atoms with E-state index in [4.69, 9.17) is 4.74 Å². The SMILES string of the molecule is COC(=O)c1ccc(C)c(-c2ccc(N(S)C(=O)Nc3snnc3C)cc2)c1. The van der Waals surface area contributed by atoms with Gasteiger partial charge in [0.05, 0.1) is 24.1 Å². The summed E-state index contributed by atoms with van der Waals surface area (Å²) in [5.74, 6) is -0.385. The van der Waals surface area contributed by atoms with Crippen LogP contribution in [0.4, 0.5) is 15.5 Å². The predicted octanol–water partition coefficient (Wildman–Crippen LogP) is 4.49. The van der Waals surface area contributed by atoms with Crippen molar-refractivity contribution in [2.75, 3.05) is 16.7 Å². The van der Waals surface area contributed by atoms with Gasteiger partial charge in [0.2, 0.25) is 0 Å². The van der Waals surface area contributed by atoms with Crippen LogP contribution in [0.25, 0.3) is 11.1 Å². The molecule has 0 saturated carbocycles. The number of hydrogen-bond acceptors (Lipinski definition) is 7. The van der Waals surface area contributed by atoms with Crippen molar-refractivity contribution in [3.8, 4) is 11.1 Å². The van der Waals surface area contributed by atoms with E-state index in [1.54, 1.807) is 31.2 Å². The number of methoxy groups -OCH3 is 1. The number of aromatic nitrogens is 2. The zero-order chi connectivity index (χ0) is 20.3. The monoisotopic (exact) mass is 414 g/mol. The fourth-order valence-electron chi connectivity index (χ4n) is 2.57. The number of nitrogens with zero attached hydrogens (tertiary/aromatic N) is 3. The number of esters is 1. The number of aryl methyl sites for hydroxylation is 2. The van der Waals surface area contributed by atoms with Gasteiger partial charge in [-0.2, -0.15) is 0 Å². The second-order valence-corrected chi connectivity index (χ2v) is 7.15. The minimum Gasteiger partial charge on any atom is -0.465 e. The first-order valence-electron chi connectivity index (χ1n) is 8.29. The van der Waals surface area contributed by atoms with E-state index in [0.29, 0.717) is 21.9 Å². The molecule has 144 valence electrons. The molecule has 0 spiro atoms. The molecule has 0 aliphatic carbocycles. The molecule has 7 nitrogen and oxygen atoms in total. The molecule has 0 aliphatic rings. The van der Waals surface area contributed by atoms with Gasteiger partial charge in [0.1, 0.15) is 5.00 Å². The molecule has 3 aromatic rings. The molecular formula is C19H18N4O3S2. The molecule has 0 aliphatic heterocycles. The van der Waals surface area contributed by atoms with Crippen molar-refractivity contribution in [1.82, 2.24) is 9.59 Å². The van der Waals surface area contributed by atoms with Gasteiger partial charge in [-0.1, -0.05) is 35.5 Å². The molecule has 0 atom stereocenters. The van der Waals surface area contributed by atoms with Gasteiger partial charge in [0, 0.05) is 11.5 Å². The van der Waals surface area contributed by atoms with Crippen LogP contribution in [0.3, 0.4) is 0 Å². The lowest BCUT2D eigenvalue weighted by Gasteiger charge is -2.17. The Balaban J connectivity index is 1.80. The number of hydrogen-bond donors (Lipinski definition) is 2. The molecule has 0 bridgehead atoms. The average molecular weight is 415 g/mol. The van der Waals surface area contributed by atoms with Crippen LogP contribution in [-0.4, -0.2) is 28.7 Å². The molecule has 0 saturated heterocycles. The Morgan fingerprint density at radius 1 is 1.14 bits per heavy atom. The molecular weight excluding hydrogens is 396 g/mol. The molecule has 1 aromatic heterocycles. The van der Waals surface area contributed by atoms with Gasteiger partial charge in [-0.15, -0.1) is 5.10 Å². The number of nitrogens with one attached hydrogen (secondary N) is 1. The molecule has 2 amide bonds. The van der Waals surface area contributed by atoms with Gasteiger partial charge in [-0.05, 0) is 54.8 Å². The quantitative estimate of drug-likeness (QED) is 0.485. The van der Waals surface area contributed by atoms with E-state index in [-0.39, 0.29) is 5.97 Å². The summed E-state index contributed by atoms with van der Waals surface area (Å²) in [6.07, 6.45) is 0. The van der Waals surface area contributed by atoms with Crippen LogP contribution in [0.2, 0.25) is 0 Å². The predicted molar refractivity (Wildman–Crippen MR) is 113 cm³/mol. The normalized spacial score (nSPS) is 10.4. The van der Waals surface area contributed by atoms with E-state index in [1.165, 1.54) is 11.4 Å². The number of urea groups is 1. The summed E-state index contributed by atoms with van der Waals surface area (Å²) in [6, 6.07) is 12.3. The average Bonchev–Trinajstić information content (AvgIpc) is 3.11. The van der Waals surface area contributed by atoms with Crippen LogP contribution < -0.4 is 9.62 Å². The van der Waals surface area contributed by atoms with Crippen molar-refractivity contribution < 1.29 is 14.3 Å². The first kappa shape index (κ1) is 19.8. The van der Waals surface area contributed by atoms with E-state index < -0.39 is 6.03 Å². The third-order valence-electron chi connectivity index (χ3n) is 4.15. The van der Waals surface area contributed by atoms with Gasteiger partial charge >= 0.3 is 12.0 Å². The van der Waals surface area contributed by atoms with Crippen molar-refractivity contribution in [1.29, 1.82) is 0 Å². The summed E-state index contributed by atoms with van der Waals surface area (Å²) in [5.41, 5.74) is 4.58. The molecule has 0 fully saturated rings. The maximum atomic E-state index is 12.4. The van der Waals surface area contributed by atoms with Crippen LogP contribution in [0.5, 0.6) is 0 Å². The third kappa shape index (κ3) is 4.15. The lowest BCUT2D eigenvalue weighted by atomic mass is 9.98. The topological polar surface area (TPSA) is 84.4 Å². The van der Waals surface area contributed by atoms with E-state index in [1.807, 2.05) is 25.1 Å². The van der Waals surface area contributed by atoms with Crippen molar-refractivity contribution >= 4 is 47.0 Å². The lowest BCUT2D eigenvalue weighted by Crippen LogP contribution is -2.26. The number of thiol groups is 1. The van der Waals surface area contributed by atoms with E-state index in [0.717, 1.165) is 28.2 Å². The van der Waals surface area contributed by atoms with Gasteiger partial charge in [0.15, 0.2) is 0 Å². The highest BCUT2D eigenvalue weighted by atomic mass is 32.1. The summed E-state index contributed by atoms with van der Waals surface area (Å²) in [6.45, 7) is 3.73. The summed E-state index contributed by atoms with van der Waals surface area (Å²) in [5, 5.41) is 7.16. The maximum absolute atomic E-state index is 12.4. The van der Waals surface area contributed by atoms with Gasteiger partial charge in [0.25, 0.3) is 0 Å². The fraction of sp³-hybridized carbons (Fsp3) is 0.158. The van der Waals surface area contributed by atoms with E-state index >= 15 is 0 Å². The molecule has 3 rings (SSSR count). The lowest BCUT2D eigenvalue weighted by molar-refractivity contribution is 0.0600. The second-order valence-electron chi connectivity index (χ2n) is 6.00. The van der Waals surface area contributed by atoms with Crippen molar-refractivity contribution in [3.05, 3.63) is 59.3 Å².